The SMILES string of the molecule is COCCn1cc(NC(C)c2ccc(F)cc2)ccc1=O. The molecule has 1 aromatic heterocycles. The van der Waals surface area contributed by atoms with Crippen LogP contribution >= 0.6 is 0 Å². The number of aromatic nitrogens is 1. The average molecular weight is 290 g/mol. The molecular weight excluding hydrogens is 271 g/mol. The highest BCUT2D eigenvalue weighted by Gasteiger charge is 2.06. The Morgan fingerprint density at radius 3 is 2.62 bits per heavy atom. The maximum atomic E-state index is 12.9. The van der Waals surface area contributed by atoms with Crippen LogP contribution < -0.4 is 10.9 Å². The third kappa shape index (κ3) is 4.16. The molecule has 112 valence electrons. The average Bonchev–Trinajstić information content (AvgIpc) is 2.48. The van der Waals surface area contributed by atoms with Crippen molar-refractivity contribution in [3.63, 3.8) is 0 Å². The predicted molar refractivity (Wildman–Crippen MR) is 81.0 cm³/mol. The van der Waals surface area contributed by atoms with Crippen LogP contribution in [0.25, 0.3) is 0 Å². The van der Waals surface area contributed by atoms with Crippen LogP contribution in [0.15, 0.2) is 47.4 Å². The summed E-state index contributed by atoms with van der Waals surface area (Å²) >= 11 is 0. The van der Waals surface area contributed by atoms with Crippen molar-refractivity contribution in [2.45, 2.75) is 19.5 Å². The van der Waals surface area contributed by atoms with E-state index in [9.17, 15) is 9.18 Å². The van der Waals surface area contributed by atoms with Crippen molar-refractivity contribution in [1.82, 2.24) is 4.57 Å². The number of anilines is 1. The van der Waals surface area contributed by atoms with Gasteiger partial charge in [-0.3, -0.25) is 4.79 Å². The van der Waals surface area contributed by atoms with E-state index in [1.807, 2.05) is 6.92 Å². The maximum Gasteiger partial charge on any atom is 0.250 e. The van der Waals surface area contributed by atoms with Gasteiger partial charge >= 0.3 is 0 Å². The quantitative estimate of drug-likeness (QED) is 0.889. The van der Waals surface area contributed by atoms with Crippen molar-refractivity contribution in [3.05, 3.63) is 64.3 Å². The summed E-state index contributed by atoms with van der Waals surface area (Å²) in [5.74, 6) is -0.251. The molecule has 2 aromatic rings. The Bertz CT molecular complexity index is 637. The molecule has 0 aliphatic carbocycles. The number of ether oxygens (including phenoxy) is 1. The molecule has 0 spiro atoms. The number of nitrogens with one attached hydrogen (secondary N) is 1. The number of benzene rings is 1. The molecule has 1 unspecified atom stereocenters. The highest BCUT2D eigenvalue weighted by Crippen LogP contribution is 2.18. The molecule has 0 radical (unpaired) electrons. The normalized spacial score (nSPS) is 12.1. The minimum atomic E-state index is -0.251. The zero-order valence-electron chi connectivity index (χ0n) is 12.2. The van der Waals surface area contributed by atoms with Crippen molar-refractivity contribution in [2.75, 3.05) is 19.0 Å². The van der Waals surface area contributed by atoms with Crippen molar-refractivity contribution < 1.29 is 9.13 Å². The van der Waals surface area contributed by atoms with Gasteiger partial charge in [0.1, 0.15) is 5.82 Å². The predicted octanol–water partition coefficient (Wildman–Crippen LogP) is 2.81. The van der Waals surface area contributed by atoms with E-state index in [0.717, 1.165) is 11.3 Å². The molecule has 1 heterocycles. The number of halogens is 1. The van der Waals surface area contributed by atoms with Crippen molar-refractivity contribution >= 4 is 5.69 Å². The Hall–Kier alpha value is -2.14. The van der Waals surface area contributed by atoms with Crippen LogP contribution in [0.3, 0.4) is 0 Å². The summed E-state index contributed by atoms with van der Waals surface area (Å²) in [6.07, 6.45) is 1.77. The molecule has 1 N–H and O–H groups in total. The smallest absolute Gasteiger partial charge is 0.250 e. The largest absolute Gasteiger partial charge is 0.383 e. The van der Waals surface area contributed by atoms with Crippen molar-refractivity contribution in [1.29, 1.82) is 0 Å². The van der Waals surface area contributed by atoms with E-state index in [1.54, 1.807) is 36.1 Å². The van der Waals surface area contributed by atoms with E-state index >= 15 is 0 Å². The fourth-order valence-corrected chi connectivity index (χ4v) is 2.07. The highest BCUT2D eigenvalue weighted by atomic mass is 19.1. The van der Waals surface area contributed by atoms with Crippen LogP contribution in [-0.2, 0) is 11.3 Å². The number of pyridine rings is 1. The van der Waals surface area contributed by atoms with Crippen LogP contribution in [0.5, 0.6) is 0 Å². The Balaban J connectivity index is 2.11. The number of rotatable bonds is 6. The first-order chi connectivity index (χ1) is 10.1. The Morgan fingerprint density at radius 2 is 1.95 bits per heavy atom. The van der Waals surface area contributed by atoms with Gasteiger partial charge in [0, 0.05) is 32.0 Å². The standard InChI is InChI=1S/C16H19FN2O2/c1-12(13-3-5-14(17)6-4-13)18-15-7-8-16(20)19(11-15)9-10-21-2/h3-8,11-12,18H,9-10H2,1-2H3. The fraction of sp³-hybridized carbons (Fsp3) is 0.312. The molecule has 0 aliphatic rings. The lowest BCUT2D eigenvalue weighted by atomic mass is 10.1. The summed E-state index contributed by atoms with van der Waals surface area (Å²) in [5.41, 5.74) is 1.75. The first-order valence-corrected chi connectivity index (χ1v) is 6.81. The second-order valence-electron chi connectivity index (χ2n) is 4.86. The molecule has 1 atom stereocenters. The van der Waals surface area contributed by atoms with Crippen molar-refractivity contribution in [3.8, 4) is 0 Å². The van der Waals surface area contributed by atoms with Gasteiger partial charge in [-0.1, -0.05) is 12.1 Å². The molecule has 0 saturated heterocycles. The van der Waals surface area contributed by atoms with Crippen LogP contribution in [0, 0.1) is 5.82 Å². The molecule has 21 heavy (non-hydrogen) atoms. The van der Waals surface area contributed by atoms with Gasteiger partial charge in [0.05, 0.1) is 12.3 Å². The summed E-state index contributed by atoms with van der Waals surface area (Å²) < 4.78 is 19.5. The Kier molecular flexibility index (Phi) is 5.11. The minimum Gasteiger partial charge on any atom is -0.383 e. The second kappa shape index (κ2) is 7.04. The summed E-state index contributed by atoms with van der Waals surface area (Å²) in [5, 5.41) is 3.30. The van der Waals surface area contributed by atoms with Gasteiger partial charge in [0.15, 0.2) is 0 Å². The summed E-state index contributed by atoms with van der Waals surface area (Å²) in [4.78, 5) is 11.7. The third-order valence-corrected chi connectivity index (χ3v) is 3.27. The Labute approximate surface area is 123 Å². The number of methoxy groups -OCH3 is 1. The molecule has 0 saturated carbocycles. The van der Waals surface area contributed by atoms with Crippen LogP contribution in [-0.4, -0.2) is 18.3 Å². The lowest BCUT2D eigenvalue weighted by Gasteiger charge is -2.16. The van der Waals surface area contributed by atoms with Crippen LogP contribution in [0.4, 0.5) is 10.1 Å². The van der Waals surface area contributed by atoms with Gasteiger partial charge < -0.3 is 14.6 Å². The van der Waals surface area contributed by atoms with E-state index in [0.29, 0.717) is 13.2 Å². The fourth-order valence-electron chi connectivity index (χ4n) is 2.07. The van der Waals surface area contributed by atoms with Gasteiger partial charge in [0.2, 0.25) is 0 Å². The first-order valence-electron chi connectivity index (χ1n) is 6.81. The van der Waals surface area contributed by atoms with Gasteiger partial charge in [0.25, 0.3) is 5.56 Å². The van der Waals surface area contributed by atoms with E-state index in [-0.39, 0.29) is 17.4 Å². The molecule has 0 aliphatic heterocycles. The van der Waals surface area contributed by atoms with Crippen LogP contribution in [0.1, 0.15) is 18.5 Å². The van der Waals surface area contributed by atoms with Crippen molar-refractivity contribution in [2.24, 2.45) is 0 Å². The molecule has 4 nitrogen and oxygen atoms in total. The van der Waals surface area contributed by atoms with Gasteiger partial charge in [-0.05, 0) is 30.7 Å². The summed E-state index contributed by atoms with van der Waals surface area (Å²) in [7, 11) is 1.60. The summed E-state index contributed by atoms with van der Waals surface area (Å²) in [6, 6.07) is 9.64. The van der Waals surface area contributed by atoms with E-state index in [2.05, 4.69) is 5.32 Å². The van der Waals surface area contributed by atoms with E-state index in [4.69, 9.17) is 4.74 Å². The second-order valence-corrected chi connectivity index (χ2v) is 4.86. The van der Waals surface area contributed by atoms with E-state index in [1.165, 1.54) is 18.2 Å². The first kappa shape index (κ1) is 15.3. The molecule has 2 rings (SSSR count). The van der Waals surface area contributed by atoms with E-state index < -0.39 is 0 Å². The topological polar surface area (TPSA) is 43.3 Å². The molecule has 0 amide bonds. The molecule has 5 heteroatoms. The number of nitrogens with zero attached hydrogens (tertiary/aromatic N) is 1. The van der Waals surface area contributed by atoms with Gasteiger partial charge in [-0.2, -0.15) is 0 Å². The third-order valence-electron chi connectivity index (χ3n) is 3.27. The zero-order chi connectivity index (χ0) is 15.2. The number of hydrogen-bond donors (Lipinski definition) is 1. The molecule has 1 aromatic carbocycles. The van der Waals surface area contributed by atoms with Gasteiger partial charge in [-0.25, -0.2) is 4.39 Å². The maximum absolute atomic E-state index is 12.9. The zero-order valence-corrected chi connectivity index (χ0v) is 12.2. The lowest BCUT2D eigenvalue weighted by molar-refractivity contribution is 0.186. The highest BCUT2D eigenvalue weighted by molar-refractivity contribution is 5.43. The summed E-state index contributed by atoms with van der Waals surface area (Å²) in [6.45, 7) is 2.98. The molecule has 0 fully saturated rings. The monoisotopic (exact) mass is 290 g/mol. The molecule has 0 bridgehead atoms. The number of hydrogen-bond acceptors (Lipinski definition) is 3. The van der Waals surface area contributed by atoms with Gasteiger partial charge in [-0.15, -0.1) is 0 Å². The minimum absolute atomic E-state index is 0.0129. The Morgan fingerprint density at radius 1 is 1.24 bits per heavy atom. The lowest BCUT2D eigenvalue weighted by Crippen LogP contribution is -2.21. The molecular formula is C16H19FN2O2. The van der Waals surface area contributed by atoms with Crippen LogP contribution in [0.2, 0.25) is 0 Å².